The third kappa shape index (κ3) is 2.62. The Morgan fingerprint density at radius 1 is 1.33 bits per heavy atom. The van der Waals surface area contributed by atoms with Crippen LogP contribution in [-0.4, -0.2) is 13.4 Å². The van der Waals surface area contributed by atoms with E-state index < -0.39 is 10.0 Å². The molecule has 0 amide bonds. The summed E-state index contributed by atoms with van der Waals surface area (Å²) in [5.41, 5.74) is 7.65. The second-order valence-corrected chi connectivity index (χ2v) is 7.02. The number of rotatable bonds is 3. The van der Waals surface area contributed by atoms with E-state index >= 15 is 0 Å². The molecule has 0 atom stereocenters. The quantitative estimate of drug-likeness (QED) is 0.845. The van der Waals surface area contributed by atoms with Crippen LogP contribution < -0.4 is 10.5 Å². The van der Waals surface area contributed by atoms with Crippen LogP contribution in [0.15, 0.2) is 28.6 Å². The lowest BCUT2D eigenvalue weighted by Gasteiger charge is -2.07. The number of nitrogens with one attached hydrogen (secondary N) is 1. The van der Waals surface area contributed by atoms with Crippen LogP contribution in [0.4, 0.5) is 11.4 Å². The summed E-state index contributed by atoms with van der Waals surface area (Å²) in [6, 6.07) is 5.04. The minimum absolute atomic E-state index is 0.194. The van der Waals surface area contributed by atoms with E-state index in [0.717, 1.165) is 16.9 Å². The number of hydrogen-bond acceptors (Lipinski definition) is 5. The average Bonchev–Trinajstić information content (AvgIpc) is 2.71. The van der Waals surface area contributed by atoms with Gasteiger partial charge in [0, 0.05) is 5.69 Å². The molecule has 0 unspecified atom stereocenters. The van der Waals surface area contributed by atoms with E-state index in [4.69, 9.17) is 5.73 Å². The van der Waals surface area contributed by atoms with Gasteiger partial charge in [-0.2, -0.15) is 0 Å². The lowest BCUT2D eigenvalue weighted by Crippen LogP contribution is -2.11. The van der Waals surface area contributed by atoms with E-state index in [-0.39, 0.29) is 4.21 Å². The predicted molar refractivity (Wildman–Crippen MR) is 73.3 cm³/mol. The fourth-order valence-electron chi connectivity index (χ4n) is 1.38. The monoisotopic (exact) mass is 283 g/mol. The van der Waals surface area contributed by atoms with E-state index in [9.17, 15) is 8.42 Å². The van der Waals surface area contributed by atoms with Gasteiger partial charge in [0.05, 0.1) is 16.9 Å². The van der Waals surface area contributed by atoms with Gasteiger partial charge in [-0.15, -0.1) is 11.3 Å². The molecule has 2 aromatic rings. The van der Waals surface area contributed by atoms with Crippen LogP contribution in [-0.2, 0) is 10.0 Å². The van der Waals surface area contributed by atoms with Crippen LogP contribution in [0.1, 0.15) is 10.6 Å². The first kappa shape index (κ1) is 12.8. The van der Waals surface area contributed by atoms with Crippen molar-refractivity contribution in [2.75, 3.05) is 10.5 Å². The Morgan fingerprint density at radius 3 is 2.61 bits per heavy atom. The molecule has 96 valence electrons. The number of anilines is 2. The van der Waals surface area contributed by atoms with Crippen LogP contribution in [0, 0.1) is 13.8 Å². The summed E-state index contributed by atoms with van der Waals surface area (Å²) in [7, 11) is -3.57. The third-order valence-electron chi connectivity index (χ3n) is 2.40. The molecular weight excluding hydrogens is 270 g/mol. The van der Waals surface area contributed by atoms with Crippen molar-refractivity contribution in [3.63, 3.8) is 0 Å². The number of benzene rings is 1. The Morgan fingerprint density at radius 2 is 2.06 bits per heavy atom. The van der Waals surface area contributed by atoms with Gasteiger partial charge in [-0.3, -0.25) is 4.72 Å². The topological polar surface area (TPSA) is 85.1 Å². The number of aryl methyl sites for hydroxylation is 2. The molecule has 5 nitrogen and oxygen atoms in total. The summed E-state index contributed by atoms with van der Waals surface area (Å²) < 4.78 is 26.7. The molecule has 18 heavy (non-hydrogen) atoms. The number of nitrogens with zero attached hydrogens (tertiary/aromatic N) is 1. The number of nitrogens with two attached hydrogens (primary N) is 1. The van der Waals surface area contributed by atoms with E-state index in [1.165, 1.54) is 6.20 Å². The van der Waals surface area contributed by atoms with Gasteiger partial charge in [0.25, 0.3) is 10.0 Å². The molecular formula is C11H13N3O2S2. The van der Waals surface area contributed by atoms with Gasteiger partial charge in [-0.1, -0.05) is 6.07 Å². The van der Waals surface area contributed by atoms with Crippen LogP contribution in [0.5, 0.6) is 0 Å². The molecule has 1 heterocycles. The van der Waals surface area contributed by atoms with Crippen molar-refractivity contribution in [3.8, 4) is 0 Å². The largest absolute Gasteiger partial charge is 0.398 e. The molecule has 0 aliphatic carbocycles. The maximum atomic E-state index is 12.0. The van der Waals surface area contributed by atoms with E-state index in [2.05, 4.69) is 9.71 Å². The number of thiazole rings is 1. The van der Waals surface area contributed by atoms with Crippen molar-refractivity contribution < 1.29 is 8.42 Å². The SMILES string of the molecule is Cc1ncc(S(=O)(=O)Nc2ccc(C)c(N)c2)s1. The zero-order chi connectivity index (χ0) is 13.3. The highest BCUT2D eigenvalue weighted by molar-refractivity contribution is 7.94. The lowest BCUT2D eigenvalue weighted by molar-refractivity contribution is 0.603. The maximum absolute atomic E-state index is 12.0. The fraction of sp³-hybridized carbons (Fsp3) is 0.182. The molecule has 0 bridgehead atoms. The van der Waals surface area contributed by atoms with Gasteiger partial charge in [0.2, 0.25) is 0 Å². The highest BCUT2D eigenvalue weighted by atomic mass is 32.2. The average molecular weight is 283 g/mol. The maximum Gasteiger partial charge on any atom is 0.273 e. The molecule has 0 fully saturated rings. The first-order valence-electron chi connectivity index (χ1n) is 5.20. The van der Waals surface area contributed by atoms with Crippen LogP contribution in [0.2, 0.25) is 0 Å². The summed E-state index contributed by atoms with van der Waals surface area (Å²) >= 11 is 1.13. The van der Waals surface area contributed by atoms with Crippen molar-refractivity contribution in [1.82, 2.24) is 4.98 Å². The Balaban J connectivity index is 2.30. The normalized spacial score (nSPS) is 11.4. The minimum Gasteiger partial charge on any atom is -0.398 e. The van der Waals surface area contributed by atoms with Crippen LogP contribution in [0.3, 0.4) is 0 Å². The molecule has 0 spiro atoms. The molecule has 0 aliphatic rings. The zero-order valence-electron chi connectivity index (χ0n) is 9.97. The Kier molecular flexibility index (Phi) is 3.27. The molecule has 1 aromatic carbocycles. The molecule has 0 radical (unpaired) electrons. The molecule has 7 heteroatoms. The first-order valence-corrected chi connectivity index (χ1v) is 7.50. The molecule has 2 rings (SSSR count). The van der Waals surface area contributed by atoms with Gasteiger partial charge in [-0.05, 0) is 31.5 Å². The number of hydrogen-bond donors (Lipinski definition) is 2. The highest BCUT2D eigenvalue weighted by Gasteiger charge is 2.17. The lowest BCUT2D eigenvalue weighted by atomic mass is 10.2. The Labute approximate surface area is 110 Å². The predicted octanol–water partition coefficient (Wildman–Crippen LogP) is 2.14. The van der Waals surface area contributed by atoms with Crippen molar-refractivity contribution in [1.29, 1.82) is 0 Å². The van der Waals surface area contributed by atoms with Crippen molar-refractivity contribution in [2.45, 2.75) is 18.1 Å². The summed E-state index contributed by atoms with van der Waals surface area (Å²) in [5, 5.41) is 0.707. The van der Waals surface area contributed by atoms with Crippen molar-refractivity contribution >= 4 is 32.7 Å². The molecule has 0 aliphatic heterocycles. The fourth-order valence-corrected chi connectivity index (χ4v) is 3.53. The first-order chi connectivity index (χ1) is 8.38. The molecule has 1 aromatic heterocycles. The molecule has 3 N–H and O–H groups in total. The van der Waals surface area contributed by atoms with Crippen molar-refractivity contribution in [3.05, 3.63) is 35.0 Å². The summed E-state index contributed by atoms with van der Waals surface area (Å²) in [5.74, 6) is 0. The third-order valence-corrected chi connectivity index (χ3v) is 5.15. The van der Waals surface area contributed by atoms with E-state index in [1.807, 2.05) is 6.92 Å². The smallest absolute Gasteiger partial charge is 0.273 e. The second-order valence-electron chi connectivity index (χ2n) is 3.88. The molecule has 0 saturated carbocycles. The Hall–Kier alpha value is -1.60. The van der Waals surface area contributed by atoms with Gasteiger partial charge in [-0.25, -0.2) is 13.4 Å². The van der Waals surface area contributed by atoms with Gasteiger partial charge in [0.15, 0.2) is 4.21 Å². The number of nitrogen functional groups attached to an aromatic ring is 1. The van der Waals surface area contributed by atoms with Gasteiger partial charge >= 0.3 is 0 Å². The molecule has 0 saturated heterocycles. The number of aromatic nitrogens is 1. The second kappa shape index (κ2) is 4.58. The Bertz CT molecular complexity index is 677. The zero-order valence-corrected chi connectivity index (χ0v) is 11.6. The van der Waals surface area contributed by atoms with Crippen molar-refractivity contribution in [2.24, 2.45) is 0 Å². The highest BCUT2D eigenvalue weighted by Crippen LogP contribution is 2.23. The summed E-state index contributed by atoms with van der Waals surface area (Å²) in [6.07, 6.45) is 1.35. The van der Waals surface area contributed by atoms with E-state index in [1.54, 1.807) is 25.1 Å². The summed E-state index contributed by atoms with van der Waals surface area (Å²) in [6.45, 7) is 3.62. The van der Waals surface area contributed by atoms with Crippen LogP contribution in [0.25, 0.3) is 0 Å². The van der Waals surface area contributed by atoms with Gasteiger partial charge < -0.3 is 5.73 Å². The summed E-state index contributed by atoms with van der Waals surface area (Å²) in [4.78, 5) is 3.93. The van der Waals surface area contributed by atoms with Crippen LogP contribution >= 0.6 is 11.3 Å². The van der Waals surface area contributed by atoms with Gasteiger partial charge in [0.1, 0.15) is 0 Å². The standard InChI is InChI=1S/C11H13N3O2S2/c1-7-3-4-9(5-10(7)12)14-18(15,16)11-6-13-8(2)17-11/h3-6,14H,12H2,1-2H3. The van der Waals surface area contributed by atoms with E-state index in [0.29, 0.717) is 16.4 Å². The number of sulfonamides is 1. The minimum atomic E-state index is -3.57.